The molecule has 0 spiro atoms. The molecule has 2 rings (SSSR count). The average molecular weight is 275 g/mol. The summed E-state index contributed by atoms with van der Waals surface area (Å²) in [6.45, 7) is 1.99. The molecular weight excluding hydrogens is 254 g/mol. The molecule has 108 valence electrons. The minimum atomic E-state index is -0.200. The Labute approximate surface area is 119 Å². The summed E-state index contributed by atoms with van der Waals surface area (Å²) in [6, 6.07) is 10.1. The number of amides is 2. The van der Waals surface area contributed by atoms with Crippen molar-refractivity contribution in [3.63, 3.8) is 0 Å². The second kappa shape index (κ2) is 6.93. The summed E-state index contributed by atoms with van der Waals surface area (Å²) in [7, 11) is 2.04. The van der Waals surface area contributed by atoms with Crippen LogP contribution >= 0.6 is 0 Å². The number of anilines is 1. The smallest absolute Gasteiger partial charge is 0.225 e. The lowest BCUT2D eigenvalue weighted by Gasteiger charge is -2.19. The second-order valence-electron chi connectivity index (χ2n) is 5.11. The van der Waals surface area contributed by atoms with Gasteiger partial charge in [0.25, 0.3) is 0 Å². The number of carbonyl (C=O) groups is 2. The third kappa shape index (κ3) is 3.98. The van der Waals surface area contributed by atoms with Crippen molar-refractivity contribution in [1.82, 2.24) is 10.6 Å². The second-order valence-corrected chi connectivity index (χ2v) is 5.11. The van der Waals surface area contributed by atoms with Crippen molar-refractivity contribution in [3.05, 3.63) is 30.3 Å². The van der Waals surface area contributed by atoms with E-state index in [-0.39, 0.29) is 17.7 Å². The molecule has 0 aromatic heterocycles. The minimum Gasteiger partial charge on any atom is -0.375 e. The van der Waals surface area contributed by atoms with Crippen molar-refractivity contribution in [1.29, 1.82) is 0 Å². The van der Waals surface area contributed by atoms with E-state index in [1.807, 2.05) is 25.2 Å². The fourth-order valence-corrected chi connectivity index (χ4v) is 2.27. The van der Waals surface area contributed by atoms with Crippen LogP contribution in [-0.2, 0) is 9.59 Å². The highest BCUT2D eigenvalue weighted by atomic mass is 16.2. The van der Waals surface area contributed by atoms with Crippen molar-refractivity contribution in [3.8, 4) is 0 Å². The van der Waals surface area contributed by atoms with Crippen LogP contribution in [0, 0.1) is 5.92 Å². The number of rotatable bonds is 6. The molecule has 1 aliphatic rings. The first kappa shape index (κ1) is 14.4. The fraction of sp³-hybridized carbons (Fsp3) is 0.467. The normalized spacial score (nSPS) is 17.6. The van der Waals surface area contributed by atoms with Gasteiger partial charge in [-0.3, -0.25) is 9.59 Å². The van der Waals surface area contributed by atoms with E-state index in [0.717, 1.165) is 13.0 Å². The van der Waals surface area contributed by atoms with Crippen LogP contribution in [0.15, 0.2) is 30.3 Å². The van der Waals surface area contributed by atoms with Crippen LogP contribution in [0.5, 0.6) is 0 Å². The largest absolute Gasteiger partial charge is 0.375 e. The molecule has 1 aliphatic heterocycles. The van der Waals surface area contributed by atoms with Gasteiger partial charge in [-0.25, -0.2) is 0 Å². The van der Waals surface area contributed by atoms with E-state index < -0.39 is 0 Å². The van der Waals surface area contributed by atoms with E-state index in [2.05, 4.69) is 27.7 Å². The number of nitrogens with one attached hydrogen (secondary N) is 2. The number of carbonyl (C=O) groups excluding carboxylic acids is 2. The van der Waals surface area contributed by atoms with Crippen LogP contribution in [-0.4, -0.2) is 38.5 Å². The van der Waals surface area contributed by atoms with Gasteiger partial charge in [-0.1, -0.05) is 18.2 Å². The van der Waals surface area contributed by atoms with Crippen molar-refractivity contribution >= 4 is 17.5 Å². The fourth-order valence-electron chi connectivity index (χ4n) is 2.27. The summed E-state index contributed by atoms with van der Waals surface area (Å²) in [5.74, 6) is -0.256. The predicted molar refractivity (Wildman–Crippen MR) is 78.5 cm³/mol. The quantitative estimate of drug-likeness (QED) is 0.754. The summed E-state index contributed by atoms with van der Waals surface area (Å²) in [5.41, 5.74) is 1.17. The van der Waals surface area contributed by atoms with Gasteiger partial charge in [0.05, 0.1) is 5.92 Å². The first-order valence-corrected chi connectivity index (χ1v) is 6.97. The maximum absolute atomic E-state index is 11.8. The van der Waals surface area contributed by atoms with Gasteiger partial charge in [0.2, 0.25) is 11.8 Å². The molecule has 1 atom stereocenters. The zero-order chi connectivity index (χ0) is 14.4. The Morgan fingerprint density at radius 3 is 2.80 bits per heavy atom. The van der Waals surface area contributed by atoms with Gasteiger partial charge >= 0.3 is 0 Å². The Bertz CT molecular complexity index is 461. The molecule has 0 radical (unpaired) electrons. The number of nitrogens with zero attached hydrogens (tertiary/aromatic N) is 1. The Balaban J connectivity index is 1.64. The van der Waals surface area contributed by atoms with E-state index in [1.54, 1.807) is 0 Å². The van der Waals surface area contributed by atoms with Crippen molar-refractivity contribution in [2.75, 3.05) is 31.6 Å². The lowest BCUT2D eigenvalue weighted by molar-refractivity contribution is -0.126. The zero-order valence-corrected chi connectivity index (χ0v) is 11.8. The van der Waals surface area contributed by atoms with E-state index in [1.165, 1.54) is 5.69 Å². The topological polar surface area (TPSA) is 61.4 Å². The molecule has 2 N–H and O–H groups in total. The van der Waals surface area contributed by atoms with E-state index in [4.69, 9.17) is 0 Å². The first-order chi connectivity index (χ1) is 9.66. The highest BCUT2D eigenvalue weighted by Crippen LogP contribution is 2.11. The monoisotopic (exact) mass is 275 g/mol. The molecule has 1 fully saturated rings. The molecule has 1 unspecified atom stereocenters. The van der Waals surface area contributed by atoms with Crippen molar-refractivity contribution in [2.45, 2.75) is 12.8 Å². The SMILES string of the molecule is CN(CCCNC(=O)C1CNC(=O)C1)c1ccccc1. The first-order valence-electron chi connectivity index (χ1n) is 6.97. The van der Waals surface area contributed by atoms with Gasteiger partial charge in [-0.15, -0.1) is 0 Å². The van der Waals surface area contributed by atoms with Gasteiger partial charge < -0.3 is 15.5 Å². The third-order valence-electron chi connectivity index (χ3n) is 3.51. The summed E-state index contributed by atoms with van der Waals surface area (Å²) >= 11 is 0. The molecule has 0 aliphatic carbocycles. The number of benzene rings is 1. The molecular formula is C15H21N3O2. The van der Waals surface area contributed by atoms with Crippen LogP contribution in [0.3, 0.4) is 0 Å². The van der Waals surface area contributed by atoms with Gasteiger partial charge in [-0.05, 0) is 18.6 Å². The van der Waals surface area contributed by atoms with Crippen LogP contribution in [0.4, 0.5) is 5.69 Å². The molecule has 1 saturated heterocycles. The van der Waals surface area contributed by atoms with Crippen molar-refractivity contribution < 1.29 is 9.59 Å². The van der Waals surface area contributed by atoms with Crippen LogP contribution in [0.25, 0.3) is 0 Å². The third-order valence-corrected chi connectivity index (χ3v) is 3.51. The van der Waals surface area contributed by atoms with Gasteiger partial charge in [-0.2, -0.15) is 0 Å². The molecule has 5 nitrogen and oxygen atoms in total. The molecule has 0 bridgehead atoms. The Morgan fingerprint density at radius 2 is 2.15 bits per heavy atom. The lowest BCUT2D eigenvalue weighted by atomic mass is 10.1. The van der Waals surface area contributed by atoms with Crippen molar-refractivity contribution in [2.24, 2.45) is 5.92 Å². The van der Waals surface area contributed by atoms with E-state index in [9.17, 15) is 9.59 Å². The summed E-state index contributed by atoms with van der Waals surface area (Å²) in [6.07, 6.45) is 1.20. The summed E-state index contributed by atoms with van der Waals surface area (Å²) < 4.78 is 0. The standard InChI is InChI=1S/C15H21N3O2/c1-18(13-6-3-2-4-7-13)9-5-8-16-15(20)12-10-14(19)17-11-12/h2-4,6-7,12H,5,8-11H2,1H3,(H,16,20)(H,17,19). The maximum Gasteiger partial charge on any atom is 0.225 e. The molecule has 1 aromatic rings. The molecule has 1 aromatic carbocycles. The zero-order valence-electron chi connectivity index (χ0n) is 11.8. The van der Waals surface area contributed by atoms with Crippen LogP contribution in [0.1, 0.15) is 12.8 Å². The summed E-state index contributed by atoms with van der Waals surface area (Å²) in [4.78, 5) is 25.0. The Morgan fingerprint density at radius 1 is 1.40 bits per heavy atom. The maximum atomic E-state index is 11.8. The summed E-state index contributed by atoms with van der Waals surface area (Å²) in [5, 5.41) is 5.57. The van der Waals surface area contributed by atoms with Crippen LogP contribution < -0.4 is 15.5 Å². The molecule has 5 heteroatoms. The van der Waals surface area contributed by atoms with Crippen LogP contribution in [0.2, 0.25) is 0 Å². The molecule has 1 heterocycles. The lowest BCUT2D eigenvalue weighted by Crippen LogP contribution is -2.34. The molecule has 2 amide bonds. The molecule has 20 heavy (non-hydrogen) atoms. The minimum absolute atomic E-state index is 0.0225. The highest BCUT2D eigenvalue weighted by Gasteiger charge is 2.27. The van der Waals surface area contributed by atoms with Gasteiger partial charge in [0.1, 0.15) is 0 Å². The predicted octanol–water partition coefficient (Wildman–Crippen LogP) is 0.765. The van der Waals surface area contributed by atoms with Gasteiger partial charge in [0.15, 0.2) is 0 Å². The van der Waals surface area contributed by atoms with E-state index in [0.29, 0.717) is 19.5 Å². The number of hydrogen-bond acceptors (Lipinski definition) is 3. The highest BCUT2D eigenvalue weighted by molar-refractivity contribution is 5.89. The Hall–Kier alpha value is -2.04. The number of hydrogen-bond donors (Lipinski definition) is 2. The Kier molecular flexibility index (Phi) is 4.98. The molecule has 0 saturated carbocycles. The van der Waals surface area contributed by atoms with E-state index >= 15 is 0 Å². The average Bonchev–Trinajstić information content (AvgIpc) is 2.91. The number of para-hydroxylation sites is 1. The van der Waals surface area contributed by atoms with Gasteiger partial charge in [0, 0.05) is 38.8 Å².